The maximum Gasteiger partial charge on any atom is 0.224 e. The smallest absolute Gasteiger partial charge is 0.224 e. The van der Waals surface area contributed by atoms with Crippen LogP contribution in [0.5, 0.6) is 0 Å². The molecule has 3 nitrogen and oxygen atoms in total. The van der Waals surface area contributed by atoms with Gasteiger partial charge in [0.1, 0.15) is 5.76 Å². The first-order valence-corrected chi connectivity index (χ1v) is 6.14. The number of benzene rings is 1. The van der Waals surface area contributed by atoms with Crippen molar-refractivity contribution < 1.29 is 9.21 Å². The Hall–Kier alpha value is -1.45. The third-order valence-electron chi connectivity index (χ3n) is 2.37. The molecule has 2 aromatic rings. The van der Waals surface area contributed by atoms with Gasteiger partial charge in [-0.05, 0) is 41.4 Å². The van der Waals surface area contributed by atoms with Crippen LogP contribution >= 0.6 is 23.2 Å². The van der Waals surface area contributed by atoms with Crippen LogP contribution in [0.1, 0.15) is 11.3 Å². The van der Waals surface area contributed by atoms with E-state index in [1.54, 1.807) is 24.3 Å². The predicted octanol–water partition coefficient (Wildman–Crippen LogP) is 3.45. The molecule has 0 bridgehead atoms. The lowest BCUT2D eigenvalue weighted by atomic mass is 10.1. The summed E-state index contributed by atoms with van der Waals surface area (Å²) >= 11 is 11.4. The molecule has 2 rings (SSSR count). The molecule has 1 N–H and O–H groups in total. The summed E-state index contributed by atoms with van der Waals surface area (Å²) in [6, 6.07) is 10.5. The predicted molar refractivity (Wildman–Crippen MR) is 70.7 cm³/mol. The van der Waals surface area contributed by atoms with Crippen molar-refractivity contribution in [2.75, 3.05) is 0 Å². The highest BCUT2D eigenvalue weighted by Gasteiger charge is 2.05. The van der Waals surface area contributed by atoms with Crippen LogP contribution in [-0.4, -0.2) is 5.91 Å². The van der Waals surface area contributed by atoms with Crippen LogP contribution < -0.4 is 5.32 Å². The number of rotatable bonds is 4. The number of nitrogens with one attached hydrogen (secondary N) is 1. The topological polar surface area (TPSA) is 42.2 Å². The zero-order valence-electron chi connectivity index (χ0n) is 9.45. The minimum Gasteiger partial charge on any atom is -0.448 e. The molecule has 0 aliphatic carbocycles. The molecule has 18 heavy (non-hydrogen) atoms. The van der Waals surface area contributed by atoms with Gasteiger partial charge < -0.3 is 9.73 Å². The molecule has 1 aromatic heterocycles. The number of carbonyl (C=O) groups excluding carboxylic acids is 1. The number of hydrogen-bond acceptors (Lipinski definition) is 2. The van der Waals surface area contributed by atoms with E-state index in [2.05, 4.69) is 5.32 Å². The van der Waals surface area contributed by atoms with Crippen molar-refractivity contribution in [3.05, 3.63) is 58.0 Å². The van der Waals surface area contributed by atoms with Gasteiger partial charge in [0.2, 0.25) is 5.91 Å². The summed E-state index contributed by atoms with van der Waals surface area (Å²) in [5, 5.41) is 3.72. The van der Waals surface area contributed by atoms with E-state index in [0.29, 0.717) is 29.0 Å². The van der Waals surface area contributed by atoms with Crippen molar-refractivity contribution in [2.24, 2.45) is 0 Å². The van der Waals surface area contributed by atoms with E-state index in [1.165, 1.54) is 0 Å². The van der Waals surface area contributed by atoms with Crippen molar-refractivity contribution in [3.63, 3.8) is 0 Å². The Morgan fingerprint density at radius 3 is 2.44 bits per heavy atom. The van der Waals surface area contributed by atoms with Crippen LogP contribution in [0, 0.1) is 0 Å². The van der Waals surface area contributed by atoms with Crippen molar-refractivity contribution in [1.82, 2.24) is 5.32 Å². The van der Waals surface area contributed by atoms with Crippen LogP contribution in [-0.2, 0) is 17.8 Å². The van der Waals surface area contributed by atoms with E-state index in [-0.39, 0.29) is 5.91 Å². The van der Waals surface area contributed by atoms with Gasteiger partial charge in [-0.2, -0.15) is 0 Å². The third kappa shape index (κ3) is 3.79. The fourth-order valence-electron chi connectivity index (χ4n) is 1.48. The van der Waals surface area contributed by atoms with Gasteiger partial charge in [0, 0.05) is 5.02 Å². The normalized spacial score (nSPS) is 10.3. The Labute approximate surface area is 115 Å². The van der Waals surface area contributed by atoms with Crippen LogP contribution in [0.4, 0.5) is 0 Å². The van der Waals surface area contributed by atoms with Gasteiger partial charge in [0.05, 0.1) is 13.0 Å². The van der Waals surface area contributed by atoms with E-state index in [1.807, 2.05) is 12.1 Å². The molecule has 0 aliphatic rings. The summed E-state index contributed by atoms with van der Waals surface area (Å²) in [5.41, 5.74) is 0.911. The number of carbonyl (C=O) groups is 1. The second-order valence-corrected chi connectivity index (χ2v) is 4.59. The van der Waals surface area contributed by atoms with Gasteiger partial charge in [0.25, 0.3) is 0 Å². The van der Waals surface area contributed by atoms with Crippen LogP contribution in [0.3, 0.4) is 0 Å². The largest absolute Gasteiger partial charge is 0.448 e. The van der Waals surface area contributed by atoms with Crippen molar-refractivity contribution in [2.45, 2.75) is 13.0 Å². The minimum atomic E-state index is -0.0788. The summed E-state index contributed by atoms with van der Waals surface area (Å²) in [6.45, 7) is 0.332. The Kier molecular flexibility index (Phi) is 4.28. The molecule has 0 spiro atoms. The standard InChI is InChI=1S/C13H11Cl2NO2/c14-10-3-1-9(2-4-10)7-13(17)16-8-11-5-6-12(15)18-11/h1-6H,7-8H2,(H,16,17). The third-order valence-corrected chi connectivity index (χ3v) is 2.82. The van der Waals surface area contributed by atoms with Crippen molar-refractivity contribution in [1.29, 1.82) is 0 Å². The Balaban J connectivity index is 1.83. The number of hydrogen-bond donors (Lipinski definition) is 1. The highest BCUT2D eigenvalue weighted by Crippen LogP contribution is 2.13. The lowest BCUT2D eigenvalue weighted by Gasteiger charge is -2.03. The van der Waals surface area contributed by atoms with E-state index in [4.69, 9.17) is 27.6 Å². The molecular weight excluding hydrogens is 273 g/mol. The zero-order chi connectivity index (χ0) is 13.0. The average Bonchev–Trinajstić information content (AvgIpc) is 2.76. The van der Waals surface area contributed by atoms with Crippen LogP contribution in [0.15, 0.2) is 40.8 Å². The van der Waals surface area contributed by atoms with E-state index in [9.17, 15) is 4.79 Å². The Morgan fingerprint density at radius 1 is 1.11 bits per heavy atom. The number of furan rings is 1. The molecular formula is C13H11Cl2NO2. The zero-order valence-corrected chi connectivity index (χ0v) is 11.0. The van der Waals surface area contributed by atoms with Crippen LogP contribution in [0.25, 0.3) is 0 Å². The second kappa shape index (κ2) is 5.94. The van der Waals surface area contributed by atoms with Crippen molar-refractivity contribution in [3.8, 4) is 0 Å². The monoisotopic (exact) mass is 283 g/mol. The summed E-state index contributed by atoms with van der Waals surface area (Å²) in [7, 11) is 0. The summed E-state index contributed by atoms with van der Waals surface area (Å²) < 4.78 is 5.13. The molecule has 0 fully saturated rings. The molecule has 0 unspecified atom stereocenters. The Bertz CT molecular complexity index is 534. The molecule has 0 saturated carbocycles. The number of amides is 1. The maximum absolute atomic E-state index is 11.7. The first-order valence-electron chi connectivity index (χ1n) is 5.39. The molecule has 1 amide bonds. The quantitative estimate of drug-likeness (QED) is 0.934. The maximum atomic E-state index is 11.7. The highest BCUT2D eigenvalue weighted by atomic mass is 35.5. The minimum absolute atomic E-state index is 0.0788. The molecule has 0 radical (unpaired) electrons. The molecule has 94 valence electrons. The fraction of sp³-hybridized carbons (Fsp3) is 0.154. The summed E-state index contributed by atoms with van der Waals surface area (Å²) in [5.74, 6) is 0.550. The van der Waals surface area contributed by atoms with Gasteiger partial charge >= 0.3 is 0 Å². The van der Waals surface area contributed by atoms with Crippen LogP contribution in [0.2, 0.25) is 10.2 Å². The molecule has 1 heterocycles. The summed E-state index contributed by atoms with van der Waals surface area (Å²) in [4.78, 5) is 11.7. The number of halogens is 2. The van der Waals surface area contributed by atoms with Gasteiger partial charge in [-0.25, -0.2) is 0 Å². The summed E-state index contributed by atoms with van der Waals surface area (Å²) in [6.07, 6.45) is 0.311. The van der Waals surface area contributed by atoms with Crippen molar-refractivity contribution >= 4 is 29.1 Å². The van der Waals surface area contributed by atoms with Gasteiger partial charge in [-0.3, -0.25) is 4.79 Å². The van der Waals surface area contributed by atoms with E-state index >= 15 is 0 Å². The first kappa shape index (κ1) is 13.0. The molecule has 1 aromatic carbocycles. The Morgan fingerprint density at radius 2 is 1.83 bits per heavy atom. The van der Waals surface area contributed by atoms with Gasteiger partial charge in [0.15, 0.2) is 5.22 Å². The second-order valence-electron chi connectivity index (χ2n) is 3.79. The fourth-order valence-corrected chi connectivity index (χ4v) is 1.77. The van der Waals surface area contributed by atoms with Gasteiger partial charge in [-0.1, -0.05) is 23.7 Å². The lowest BCUT2D eigenvalue weighted by Crippen LogP contribution is -2.24. The highest BCUT2D eigenvalue weighted by molar-refractivity contribution is 6.30. The molecule has 0 saturated heterocycles. The van der Waals surface area contributed by atoms with Gasteiger partial charge in [-0.15, -0.1) is 0 Å². The SMILES string of the molecule is O=C(Cc1ccc(Cl)cc1)NCc1ccc(Cl)o1. The average molecular weight is 284 g/mol. The molecule has 5 heteroatoms. The van der Waals surface area contributed by atoms with E-state index in [0.717, 1.165) is 5.56 Å². The first-order chi connectivity index (χ1) is 8.63. The molecule has 0 atom stereocenters. The van der Waals surface area contributed by atoms with E-state index < -0.39 is 0 Å². The lowest BCUT2D eigenvalue weighted by molar-refractivity contribution is -0.120. The molecule has 0 aliphatic heterocycles.